The molecule has 0 aromatic heterocycles. The summed E-state index contributed by atoms with van der Waals surface area (Å²) < 4.78 is 0. The van der Waals surface area contributed by atoms with E-state index in [1.54, 1.807) is 0 Å². The topological polar surface area (TPSA) is 50.1 Å². The van der Waals surface area contributed by atoms with Crippen molar-refractivity contribution in [3.8, 4) is 0 Å². The monoisotopic (exact) mass is 291 g/mol. The van der Waals surface area contributed by atoms with Gasteiger partial charge in [0, 0.05) is 0 Å². The summed E-state index contributed by atoms with van der Waals surface area (Å²) in [7, 11) is 1.94. The maximum absolute atomic E-state index is 6.27. The van der Waals surface area contributed by atoms with Crippen LogP contribution in [0.4, 0.5) is 0 Å². The molecule has 0 fully saturated rings. The van der Waals surface area contributed by atoms with Crippen LogP contribution in [-0.4, -0.2) is 7.05 Å². The molecule has 0 radical (unpaired) electrons. The van der Waals surface area contributed by atoms with Crippen LogP contribution in [0.5, 0.6) is 0 Å². The maximum Gasteiger partial charge on any atom is 0.0847 e. The van der Waals surface area contributed by atoms with Crippen molar-refractivity contribution in [3.63, 3.8) is 0 Å². The summed E-state index contributed by atoms with van der Waals surface area (Å²) in [6.07, 6.45) is -0.218. The fourth-order valence-corrected chi connectivity index (χ4v) is 2.67. The summed E-state index contributed by atoms with van der Waals surface area (Å²) >= 11 is 0. The van der Waals surface area contributed by atoms with Gasteiger partial charge in [-0.05, 0) is 35.0 Å². The van der Waals surface area contributed by atoms with E-state index in [4.69, 9.17) is 5.73 Å². The Labute approximate surface area is 131 Å². The highest BCUT2D eigenvalue weighted by atomic mass is 15.2. The van der Waals surface area contributed by atoms with Crippen LogP contribution in [0.2, 0.25) is 0 Å². The van der Waals surface area contributed by atoms with Crippen molar-refractivity contribution < 1.29 is 0 Å². The normalized spacial score (nSPS) is 13.9. The number of fused-ring (bicyclic) bond motifs is 1. The van der Waals surface area contributed by atoms with Crippen LogP contribution in [0.15, 0.2) is 72.8 Å². The van der Waals surface area contributed by atoms with E-state index in [2.05, 4.69) is 53.1 Å². The van der Waals surface area contributed by atoms with Gasteiger partial charge in [0.15, 0.2) is 0 Å². The minimum absolute atomic E-state index is 0.000174. The van der Waals surface area contributed by atoms with E-state index in [9.17, 15) is 0 Å². The fraction of sp³-hybridized carbons (Fsp3) is 0.158. The zero-order valence-corrected chi connectivity index (χ0v) is 12.7. The van der Waals surface area contributed by atoms with Gasteiger partial charge in [0.05, 0.1) is 12.3 Å². The third kappa shape index (κ3) is 3.17. The van der Waals surface area contributed by atoms with Crippen LogP contribution in [0.25, 0.3) is 10.8 Å². The molecule has 0 saturated heterocycles. The Bertz CT molecular complexity index is 740. The molecule has 2 unspecified atom stereocenters. The lowest BCUT2D eigenvalue weighted by Crippen LogP contribution is -2.38. The van der Waals surface area contributed by atoms with Gasteiger partial charge in [0.2, 0.25) is 0 Å². The predicted molar refractivity (Wildman–Crippen MR) is 92.3 cm³/mol. The van der Waals surface area contributed by atoms with E-state index < -0.39 is 0 Å². The third-order valence-electron chi connectivity index (χ3n) is 3.90. The van der Waals surface area contributed by atoms with Crippen molar-refractivity contribution in [2.45, 2.75) is 12.3 Å². The summed E-state index contributed by atoms with van der Waals surface area (Å²) in [5.74, 6) is 0. The highest BCUT2D eigenvalue weighted by molar-refractivity contribution is 5.83. The molecule has 3 nitrogen and oxygen atoms in total. The average molecular weight is 291 g/mol. The summed E-state index contributed by atoms with van der Waals surface area (Å²) in [5.41, 5.74) is 8.52. The first-order valence-electron chi connectivity index (χ1n) is 7.50. The van der Waals surface area contributed by atoms with Crippen molar-refractivity contribution in [2.24, 2.45) is 5.73 Å². The highest BCUT2D eigenvalue weighted by Crippen LogP contribution is 2.20. The van der Waals surface area contributed by atoms with Crippen molar-refractivity contribution in [1.82, 2.24) is 10.6 Å². The van der Waals surface area contributed by atoms with Gasteiger partial charge < -0.3 is 11.1 Å². The molecule has 3 rings (SSSR count). The first kappa shape index (κ1) is 14.7. The van der Waals surface area contributed by atoms with Crippen LogP contribution in [0, 0.1) is 0 Å². The number of rotatable bonds is 5. The zero-order chi connectivity index (χ0) is 15.4. The third-order valence-corrected chi connectivity index (χ3v) is 3.90. The van der Waals surface area contributed by atoms with Crippen molar-refractivity contribution in [3.05, 3.63) is 83.9 Å². The number of benzene rings is 3. The number of hydrogen-bond acceptors (Lipinski definition) is 3. The number of nitrogens with one attached hydrogen (secondary N) is 2. The van der Waals surface area contributed by atoms with Gasteiger partial charge in [0.1, 0.15) is 0 Å². The Morgan fingerprint density at radius 1 is 0.773 bits per heavy atom. The van der Waals surface area contributed by atoms with Crippen molar-refractivity contribution in [2.75, 3.05) is 7.05 Å². The first-order valence-corrected chi connectivity index (χ1v) is 7.50. The lowest BCUT2D eigenvalue weighted by atomic mass is 10.0. The van der Waals surface area contributed by atoms with Crippen LogP contribution < -0.4 is 16.4 Å². The van der Waals surface area contributed by atoms with Crippen LogP contribution >= 0.6 is 0 Å². The minimum Gasteiger partial charge on any atom is -0.312 e. The second kappa shape index (κ2) is 6.71. The molecule has 3 aromatic rings. The van der Waals surface area contributed by atoms with E-state index in [1.165, 1.54) is 16.3 Å². The van der Waals surface area contributed by atoms with E-state index in [0.717, 1.165) is 5.56 Å². The zero-order valence-electron chi connectivity index (χ0n) is 12.7. The van der Waals surface area contributed by atoms with Gasteiger partial charge in [0.25, 0.3) is 0 Å². The molecule has 0 heterocycles. The summed E-state index contributed by atoms with van der Waals surface area (Å²) in [6.45, 7) is 0. The van der Waals surface area contributed by atoms with E-state index in [-0.39, 0.29) is 12.3 Å². The summed E-state index contributed by atoms with van der Waals surface area (Å²) in [5, 5.41) is 9.20. The molecule has 0 aliphatic rings. The second-order valence-corrected chi connectivity index (χ2v) is 5.38. The Morgan fingerprint density at radius 2 is 1.45 bits per heavy atom. The molecule has 2 atom stereocenters. The molecule has 3 heteroatoms. The maximum atomic E-state index is 6.27. The molecule has 22 heavy (non-hydrogen) atoms. The molecule has 0 bridgehead atoms. The summed E-state index contributed by atoms with van der Waals surface area (Å²) in [6, 6.07) is 24.9. The molecule has 0 aliphatic carbocycles. The Kier molecular flexibility index (Phi) is 4.49. The Morgan fingerprint density at radius 3 is 2.18 bits per heavy atom. The second-order valence-electron chi connectivity index (χ2n) is 5.38. The molecule has 0 amide bonds. The SMILES string of the molecule is CNC(NC(N)c1ccccc1)c1ccc2ccccc2c1. The van der Waals surface area contributed by atoms with E-state index >= 15 is 0 Å². The molecule has 112 valence electrons. The largest absolute Gasteiger partial charge is 0.312 e. The average Bonchev–Trinajstić information content (AvgIpc) is 2.59. The van der Waals surface area contributed by atoms with Crippen LogP contribution in [0.1, 0.15) is 23.5 Å². The van der Waals surface area contributed by atoms with Crippen molar-refractivity contribution in [1.29, 1.82) is 0 Å². The quantitative estimate of drug-likeness (QED) is 0.632. The van der Waals surface area contributed by atoms with Gasteiger partial charge in [-0.3, -0.25) is 5.32 Å². The lowest BCUT2D eigenvalue weighted by Gasteiger charge is -2.24. The summed E-state index contributed by atoms with van der Waals surface area (Å²) in [4.78, 5) is 0. The van der Waals surface area contributed by atoms with Crippen LogP contribution in [0.3, 0.4) is 0 Å². The Balaban J connectivity index is 1.83. The lowest BCUT2D eigenvalue weighted by molar-refractivity contribution is 0.411. The first-order chi connectivity index (χ1) is 10.8. The molecule has 4 N–H and O–H groups in total. The van der Waals surface area contributed by atoms with Crippen LogP contribution in [-0.2, 0) is 0 Å². The van der Waals surface area contributed by atoms with E-state index in [0.29, 0.717) is 0 Å². The predicted octanol–water partition coefficient (Wildman–Crippen LogP) is 3.30. The number of nitrogens with two attached hydrogens (primary N) is 1. The van der Waals surface area contributed by atoms with Gasteiger partial charge in [-0.25, -0.2) is 0 Å². The van der Waals surface area contributed by atoms with Gasteiger partial charge in [-0.15, -0.1) is 0 Å². The van der Waals surface area contributed by atoms with Gasteiger partial charge in [-0.2, -0.15) is 0 Å². The molecule has 0 spiro atoms. The number of hydrogen-bond donors (Lipinski definition) is 3. The highest BCUT2D eigenvalue weighted by Gasteiger charge is 2.14. The molecule has 0 saturated carbocycles. The minimum atomic E-state index is -0.217. The van der Waals surface area contributed by atoms with E-state index in [1.807, 2.05) is 37.4 Å². The Hall–Kier alpha value is -2.20. The molecular formula is C19H21N3. The molecule has 3 aromatic carbocycles. The molecular weight excluding hydrogens is 270 g/mol. The standard InChI is InChI=1S/C19H21N3/c1-21-19(22-18(20)15-8-3-2-4-9-15)17-12-11-14-7-5-6-10-16(14)13-17/h2-13,18-19,21-22H,20H2,1H3. The smallest absolute Gasteiger partial charge is 0.0847 e. The van der Waals surface area contributed by atoms with Gasteiger partial charge in [-0.1, -0.05) is 66.7 Å². The van der Waals surface area contributed by atoms with Crippen molar-refractivity contribution >= 4 is 10.8 Å². The molecule has 0 aliphatic heterocycles. The van der Waals surface area contributed by atoms with Gasteiger partial charge >= 0.3 is 0 Å². The fourth-order valence-electron chi connectivity index (χ4n) is 2.67.